The number of aryl methyl sites for hydroxylation is 1. The number of amides is 1. The fourth-order valence-corrected chi connectivity index (χ4v) is 2.52. The Bertz CT molecular complexity index is 641. The summed E-state index contributed by atoms with van der Waals surface area (Å²) in [4.78, 5) is 11.7. The van der Waals surface area contributed by atoms with Crippen molar-refractivity contribution in [2.45, 2.75) is 12.8 Å². The maximum atomic E-state index is 11.7. The molecule has 1 aliphatic carbocycles. The Morgan fingerprint density at radius 3 is 2.88 bits per heavy atom. The molecule has 1 aliphatic rings. The predicted octanol–water partition coefficient (Wildman–Crippen LogP) is 2.90. The van der Waals surface area contributed by atoms with Crippen molar-refractivity contribution in [3.63, 3.8) is 0 Å². The molecule has 2 heteroatoms. The summed E-state index contributed by atoms with van der Waals surface area (Å²) in [6.07, 6.45) is 6.13. The van der Waals surface area contributed by atoms with Gasteiger partial charge in [-0.2, -0.15) is 0 Å². The third-order valence-corrected chi connectivity index (χ3v) is 3.29. The summed E-state index contributed by atoms with van der Waals surface area (Å²) in [5, 5.41) is 2.04. The lowest BCUT2D eigenvalue weighted by Gasteiger charge is -2.16. The third-order valence-electron chi connectivity index (χ3n) is 3.29. The van der Waals surface area contributed by atoms with Crippen LogP contribution in [0.5, 0.6) is 0 Å². The van der Waals surface area contributed by atoms with Crippen LogP contribution >= 0.6 is 0 Å². The highest BCUT2D eigenvalue weighted by Crippen LogP contribution is 2.30. The molecule has 1 amide bonds. The molecule has 0 saturated heterocycles. The van der Waals surface area contributed by atoms with Gasteiger partial charge in [-0.1, -0.05) is 42.5 Å². The summed E-state index contributed by atoms with van der Waals surface area (Å²) in [5.74, 6) is -0.343. The summed E-state index contributed by atoms with van der Waals surface area (Å²) in [6.45, 7) is 0. The lowest BCUT2D eigenvalue weighted by Crippen LogP contribution is -2.15. The number of benzene rings is 2. The number of primary amides is 1. The maximum Gasteiger partial charge on any atom is 0.249 e. The molecule has 0 unspecified atom stereocenters. The molecule has 0 aromatic heterocycles. The topological polar surface area (TPSA) is 43.1 Å². The highest BCUT2D eigenvalue weighted by atomic mass is 16.1. The molecule has 0 radical (unpaired) electrons. The van der Waals surface area contributed by atoms with Crippen molar-refractivity contribution >= 4 is 22.8 Å². The van der Waals surface area contributed by atoms with Crippen LogP contribution in [0, 0.1) is 0 Å². The first-order valence-electron chi connectivity index (χ1n) is 5.78. The summed E-state index contributed by atoms with van der Waals surface area (Å²) < 4.78 is 0. The largest absolute Gasteiger partial charge is 0.366 e. The first kappa shape index (κ1) is 10.1. The molecule has 0 bridgehead atoms. The van der Waals surface area contributed by atoms with E-state index in [9.17, 15) is 4.79 Å². The SMILES string of the molecule is NC(=O)c1c2c(cc3ccccc13)CCC=C2. The van der Waals surface area contributed by atoms with Gasteiger partial charge in [-0.05, 0) is 34.7 Å². The Hall–Kier alpha value is -2.09. The van der Waals surface area contributed by atoms with Gasteiger partial charge in [-0.15, -0.1) is 0 Å². The van der Waals surface area contributed by atoms with Crippen LogP contribution in [0.15, 0.2) is 36.4 Å². The van der Waals surface area contributed by atoms with Crippen LogP contribution in [0.1, 0.15) is 27.9 Å². The van der Waals surface area contributed by atoms with Gasteiger partial charge < -0.3 is 5.73 Å². The monoisotopic (exact) mass is 223 g/mol. The van der Waals surface area contributed by atoms with Crippen LogP contribution in [-0.2, 0) is 6.42 Å². The number of rotatable bonds is 1. The van der Waals surface area contributed by atoms with Crippen LogP contribution in [0.25, 0.3) is 16.8 Å². The van der Waals surface area contributed by atoms with Crippen LogP contribution in [-0.4, -0.2) is 5.91 Å². The van der Waals surface area contributed by atoms with E-state index in [1.165, 1.54) is 5.56 Å². The quantitative estimate of drug-likeness (QED) is 0.793. The van der Waals surface area contributed by atoms with E-state index < -0.39 is 0 Å². The van der Waals surface area contributed by atoms with E-state index in [4.69, 9.17) is 5.73 Å². The number of hydrogen-bond donors (Lipinski definition) is 1. The zero-order valence-corrected chi connectivity index (χ0v) is 9.44. The molecular formula is C15H13NO. The third kappa shape index (κ3) is 1.53. The average molecular weight is 223 g/mol. The average Bonchev–Trinajstić information content (AvgIpc) is 2.35. The summed E-state index contributed by atoms with van der Waals surface area (Å²) in [7, 11) is 0. The van der Waals surface area contributed by atoms with E-state index in [1.807, 2.05) is 30.3 Å². The summed E-state index contributed by atoms with van der Waals surface area (Å²) in [5.41, 5.74) is 8.42. The van der Waals surface area contributed by atoms with E-state index in [2.05, 4.69) is 12.1 Å². The Balaban J connectivity index is 2.46. The fourth-order valence-electron chi connectivity index (χ4n) is 2.52. The molecule has 0 saturated carbocycles. The summed E-state index contributed by atoms with van der Waals surface area (Å²) in [6, 6.07) is 10.1. The highest BCUT2D eigenvalue weighted by Gasteiger charge is 2.16. The van der Waals surface area contributed by atoms with E-state index >= 15 is 0 Å². The normalized spacial score (nSPS) is 13.6. The van der Waals surface area contributed by atoms with E-state index in [0.29, 0.717) is 5.56 Å². The Kier molecular flexibility index (Phi) is 2.22. The molecule has 0 atom stereocenters. The second kappa shape index (κ2) is 3.74. The van der Waals surface area contributed by atoms with Gasteiger partial charge in [0.25, 0.3) is 0 Å². The molecule has 3 rings (SSSR count). The minimum atomic E-state index is -0.343. The first-order valence-corrected chi connectivity index (χ1v) is 5.78. The predicted molar refractivity (Wildman–Crippen MR) is 69.8 cm³/mol. The standard InChI is InChI=1S/C15H13NO/c16-15(17)14-12-7-3-1-5-10(12)9-11-6-2-4-8-13(11)14/h1,3-5,7-9H,2,6H2,(H2,16,17). The van der Waals surface area contributed by atoms with E-state index in [0.717, 1.165) is 29.2 Å². The smallest absolute Gasteiger partial charge is 0.249 e. The first-order chi connectivity index (χ1) is 8.27. The van der Waals surface area contributed by atoms with Gasteiger partial charge >= 0.3 is 0 Å². The molecule has 0 aliphatic heterocycles. The van der Waals surface area contributed by atoms with Gasteiger partial charge in [0, 0.05) is 0 Å². The van der Waals surface area contributed by atoms with Crippen molar-refractivity contribution in [3.05, 3.63) is 53.1 Å². The van der Waals surface area contributed by atoms with Crippen molar-refractivity contribution in [2.24, 2.45) is 5.73 Å². The number of carbonyl (C=O) groups is 1. The Morgan fingerprint density at radius 2 is 2.06 bits per heavy atom. The molecule has 2 aromatic carbocycles. The molecule has 0 spiro atoms. The second-order valence-corrected chi connectivity index (χ2v) is 4.35. The Labute approximate surface area is 99.7 Å². The fraction of sp³-hybridized carbons (Fsp3) is 0.133. The molecule has 0 heterocycles. The van der Waals surface area contributed by atoms with Crippen LogP contribution < -0.4 is 5.73 Å². The van der Waals surface area contributed by atoms with Gasteiger partial charge in [-0.3, -0.25) is 4.79 Å². The van der Waals surface area contributed by atoms with Crippen molar-refractivity contribution in [3.8, 4) is 0 Å². The number of hydrogen-bond acceptors (Lipinski definition) is 1. The molecule has 2 nitrogen and oxygen atoms in total. The van der Waals surface area contributed by atoms with Gasteiger partial charge in [0.15, 0.2) is 0 Å². The van der Waals surface area contributed by atoms with Crippen molar-refractivity contribution in [1.82, 2.24) is 0 Å². The lowest BCUT2D eigenvalue weighted by molar-refractivity contribution is 0.100. The number of carbonyl (C=O) groups excluding carboxylic acids is 1. The molecular weight excluding hydrogens is 210 g/mol. The number of fused-ring (bicyclic) bond motifs is 2. The summed E-state index contributed by atoms with van der Waals surface area (Å²) >= 11 is 0. The van der Waals surface area contributed by atoms with Gasteiger partial charge in [-0.25, -0.2) is 0 Å². The molecule has 2 N–H and O–H groups in total. The second-order valence-electron chi connectivity index (χ2n) is 4.35. The minimum absolute atomic E-state index is 0.343. The van der Waals surface area contributed by atoms with Crippen molar-refractivity contribution < 1.29 is 4.79 Å². The van der Waals surface area contributed by atoms with Crippen molar-refractivity contribution in [2.75, 3.05) is 0 Å². The zero-order valence-electron chi connectivity index (χ0n) is 9.44. The van der Waals surface area contributed by atoms with Gasteiger partial charge in [0.1, 0.15) is 0 Å². The van der Waals surface area contributed by atoms with Crippen molar-refractivity contribution in [1.29, 1.82) is 0 Å². The molecule has 2 aromatic rings. The molecule has 84 valence electrons. The Morgan fingerprint density at radius 1 is 1.24 bits per heavy atom. The maximum absolute atomic E-state index is 11.7. The number of allylic oxidation sites excluding steroid dienone is 1. The van der Waals surface area contributed by atoms with E-state index in [1.54, 1.807) is 0 Å². The highest BCUT2D eigenvalue weighted by molar-refractivity contribution is 6.10. The van der Waals surface area contributed by atoms with E-state index in [-0.39, 0.29) is 5.91 Å². The molecule has 0 fully saturated rings. The van der Waals surface area contributed by atoms with Gasteiger partial charge in [0.2, 0.25) is 5.91 Å². The lowest BCUT2D eigenvalue weighted by atomic mass is 9.88. The number of nitrogens with two attached hydrogens (primary N) is 1. The van der Waals surface area contributed by atoms with Crippen LogP contribution in [0.2, 0.25) is 0 Å². The van der Waals surface area contributed by atoms with Crippen LogP contribution in [0.3, 0.4) is 0 Å². The minimum Gasteiger partial charge on any atom is -0.366 e. The van der Waals surface area contributed by atoms with Crippen LogP contribution in [0.4, 0.5) is 0 Å². The van der Waals surface area contributed by atoms with Gasteiger partial charge in [0.05, 0.1) is 5.56 Å². The molecule has 17 heavy (non-hydrogen) atoms. The zero-order chi connectivity index (χ0) is 11.8.